The number of fused-ring (bicyclic) bond motifs is 1. The Bertz CT molecular complexity index is 523. The Hall–Kier alpha value is -1.77. The molecule has 0 amide bonds. The molecular weight excluding hydrogens is 212 g/mol. The zero-order chi connectivity index (χ0) is 12.4. The molecule has 0 saturated carbocycles. The molecule has 1 heterocycles. The lowest BCUT2D eigenvalue weighted by Gasteiger charge is -2.20. The van der Waals surface area contributed by atoms with Crippen LogP contribution in [0.15, 0.2) is 30.5 Å². The molecule has 1 atom stereocenters. The number of pyridine rings is 1. The predicted octanol–water partition coefficient (Wildman–Crippen LogP) is 3.24. The Morgan fingerprint density at radius 2 is 1.88 bits per heavy atom. The maximum absolute atomic E-state index is 5.95. The van der Waals surface area contributed by atoms with Crippen molar-refractivity contribution in [3.05, 3.63) is 30.5 Å². The molecular formula is C14H18N2O. The Labute approximate surface area is 102 Å². The van der Waals surface area contributed by atoms with Crippen LogP contribution in [-0.2, 0) is 0 Å². The second-order valence-corrected chi connectivity index (χ2v) is 4.63. The first-order chi connectivity index (χ1) is 8.09. The van der Waals surface area contributed by atoms with Gasteiger partial charge in [-0.05, 0) is 25.0 Å². The van der Waals surface area contributed by atoms with Crippen LogP contribution in [0, 0.1) is 5.92 Å². The summed E-state index contributed by atoms with van der Waals surface area (Å²) in [5.74, 6) is 1.19. The van der Waals surface area contributed by atoms with Gasteiger partial charge in [0.15, 0.2) is 5.75 Å². The molecule has 2 aromatic rings. The molecule has 0 saturated heterocycles. The topological polar surface area (TPSA) is 48.1 Å². The highest BCUT2D eigenvalue weighted by atomic mass is 16.5. The lowest BCUT2D eigenvalue weighted by atomic mass is 10.1. The summed E-state index contributed by atoms with van der Waals surface area (Å²) < 4.78 is 5.95. The standard InChI is InChI=1S/C14H18N2O/c1-9(2)10(3)17-14-11-6-4-5-7-13(11)16-8-12(14)15/h4-10H,15H2,1-3H3. The van der Waals surface area contributed by atoms with Gasteiger partial charge in [-0.2, -0.15) is 0 Å². The third-order valence-electron chi connectivity index (χ3n) is 3.00. The quantitative estimate of drug-likeness (QED) is 0.880. The highest BCUT2D eigenvalue weighted by molar-refractivity contribution is 5.89. The molecule has 2 N–H and O–H groups in total. The lowest BCUT2D eigenvalue weighted by Crippen LogP contribution is -2.19. The molecule has 1 aromatic heterocycles. The van der Waals surface area contributed by atoms with Crippen LogP contribution in [0.2, 0.25) is 0 Å². The monoisotopic (exact) mass is 230 g/mol. The Morgan fingerprint density at radius 3 is 2.59 bits per heavy atom. The van der Waals surface area contributed by atoms with Crippen molar-refractivity contribution in [1.82, 2.24) is 4.98 Å². The van der Waals surface area contributed by atoms with Crippen molar-refractivity contribution in [2.45, 2.75) is 26.9 Å². The van der Waals surface area contributed by atoms with Crippen molar-refractivity contribution in [2.24, 2.45) is 5.92 Å². The minimum atomic E-state index is 0.128. The van der Waals surface area contributed by atoms with Gasteiger partial charge in [-0.15, -0.1) is 0 Å². The van der Waals surface area contributed by atoms with Crippen molar-refractivity contribution in [1.29, 1.82) is 0 Å². The average Bonchev–Trinajstić information content (AvgIpc) is 2.32. The first kappa shape index (κ1) is 11.7. The molecule has 3 nitrogen and oxygen atoms in total. The highest BCUT2D eigenvalue weighted by Gasteiger charge is 2.13. The Morgan fingerprint density at radius 1 is 1.18 bits per heavy atom. The molecule has 0 aliphatic carbocycles. The molecule has 0 radical (unpaired) electrons. The first-order valence-electron chi connectivity index (χ1n) is 5.89. The second kappa shape index (κ2) is 4.62. The number of hydrogen-bond donors (Lipinski definition) is 1. The fourth-order valence-electron chi connectivity index (χ4n) is 1.58. The summed E-state index contributed by atoms with van der Waals surface area (Å²) in [7, 11) is 0. The Balaban J connectivity index is 2.48. The smallest absolute Gasteiger partial charge is 0.153 e. The van der Waals surface area contributed by atoms with Crippen molar-refractivity contribution in [3.8, 4) is 5.75 Å². The fraction of sp³-hybridized carbons (Fsp3) is 0.357. The number of ether oxygens (including phenoxy) is 1. The first-order valence-corrected chi connectivity index (χ1v) is 5.89. The molecule has 3 heteroatoms. The Kier molecular flexibility index (Phi) is 3.18. The van der Waals surface area contributed by atoms with Crippen molar-refractivity contribution >= 4 is 16.6 Å². The van der Waals surface area contributed by atoms with Gasteiger partial charge in [-0.1, -0.05) is 26.0 Å². The van der Waals surface area contributed by atoms with Gasteiger partial charge in [0.05, 0.1) is 23.5 Å². The van der Waals surface area contributed by atoms with Gasteiger partial charge >= 0.3 is 0 Å². The van der Waals surface area contributed by atoms with E-state index in [1.54, 1.807) is 6.20 Å². The molecule has 2 rings (SSSR count). The molecule has 0 bridgehead atoms. The van der Waals surface area contributed by atoms with Gasteiger partial charge in [0.1, 0.15) is 0 Å². The number of hydrogen-bond acceptors (Lipinski definition) is 3. The van der Waals surface area contributed by atoms with Crippen LogP contribution in [0.4, 0.5) is 5.69 Å². The van der Waals surface area contributed by atoms with Crippen LogP contribution in [-0.4, -0.2) is 11.1 Å². The maximum atomic E-state index is 5.95. The maximum Gasteiger partial charge on any atom is 0.153 e. The zero-order valence-corrected chi connectivity index (χ0v) is 10.5. The van der Waals surface area contributed by atoms with Crippen LogP contribution in [0.1, 0.15) is 20.8 Å². The number of nitrogen functional groups attached to an aromatic ring is 1. The van der Waals surface area contributed by atoms with E-state index in [2.05, 4.69) is 25.8 Å². The molecule has 1 unspecified atom stereocenters. The number of nitrogens with zero attached hydrogens (tertiary/aromatic N) is 1. The zero-order valence-electron chi connectivity index (χ0n) is 10.5. The van der Waals surface area contributed by atoms with Crippen LogP contribution in [0.25, 0.3) is 10.9 Å². The van der Waals surface area contributed by atoms with E-state index >= 15 is 0 Å². The average molecular weight is 230 g/mol. The van der Waals surface area contributed by atoms with E-state index in [-0.39, 0.29) is 6.10 Å². The molecule has 17 heavy (non-hydrogen) atoms. The van der Waals surface area contributed by atoms with Crippen molar-refractivity contribution in [3.63, 3.8) is 0 Å². The molecule has 0 fully saturated rings. The third-order valence-corrected chi connectivity index (χ3v) is 3.00. The summed E-state index contributed by atoms with van der Waals surface area (Å²) in [4.78, 5) is 4.29. The van der Waals surface area contributed by atoms with Gasteiger partial charge in [0, 0.05) is 5.39 Å². The van der Waals surface area contributed by atoms with Crippen molar-refractivity contribution < 1.29 is 4.74 Å². The van der Waals surface area contributed by atoms with Gasteiger partial charge in [-0.25, -0.2) is 0 Å². The van der Waals surface area contributed by atoms with E-state index < -0.39 is 0 Å². The number of anilines is 1. The van der Waals surface area contributed by atoms with E-state index in [0.717, 1.165) is 16.7 Å². The van der Waals surface area contributed by atoms with Crippen LogP contribution in [0.3, 0.4) is 0 Å². The van der Waals surface area contributed by atoms with E-state index in [1.165, 1.54) is 0 Å². The number of nitrogens with two attached hydrogens (primary N) is 1. The predicted molar refractivity (Wildman–Crippen MR) is 71.1 cm³/mol. The molecule has 0 aliphatic rings. The van der Waals surface area contributed by atoms with Crippen LogP contribution in [0.5, 0.6) is 5.75 Å². The largest absolute Gasteiger partial charge is 0.488 e. The minimum Gasteiger partial charge on any atom is -0.488 e. The minimum absolute atomic E-state index is 0.128. The van der Waals surface area contributed by atoms with Gasteiger partial charge < -0.3 is 10.5 Å². The molecule has 90 valence electrons. The van der Waals surface area contributed by atoms with Crippen LogP contribution < -0.4 is 10.5 Å². The summed E-state index contributed by atoms with van der Waals surface area (Å²) in [5.41, 5.74) is 7.45. The summed E-state index contributed by atoms with van der Waals surface area (Å²) in [6.45, 7) is 6.31. The van der Waals surface area contributed by atoms with E-state index in [4.69, 9.17) is 10.5 Å². The van der Waals surface area contributed by atoms with E-state index in [9.17, 15) is 0 Å². The molecule has 0 aliphatic heterocycles. The normalized spacial score (nSPS) is 12.9. The number of aromatic nitrogens is 1. The van der Waals surface area contributed by atoms with Crippen LogP contribution >= 0.6 is 0 Å². The number of para-hydroxylation sites is 1. The van der Waals surface area contributed by atoms with Gasteiger partial charge in [0.25, 0.3) is 0 Å². The summed E-state index contributed by atoms with van der Waals surface area (Å²) >= 11 is 0. The number of benzene rings is 1. The van der Waals surface area contributed by atoms with Gasteiger partial charge in [0.2, 0.25) is 0 Å². The second-order valence-electron chi connectivity index (χ2n) is 4.63. The molecule has 1 aromatic carbocycles. The summed E-state index contributed by atoms with van der Waals surface area (Å²) in [6.07, 6.45) is 1.79. The molecule has 0 spiro atoms. The van der Waals surface area contributed by atoms with E-state index in [1.807, 2.05) is 24.3 Å². The lowest BCUT2D eigenvalue weighted by molar-refractivity contribution is 0.173. The SMILES string of the molecule is CC(C)C(C)Oc1c(N)cnc2ccccc12. The summed E-state index contributed by atoms with van der Waals surface area (Å²) in [5, 5.41) is 0.972. The highest BCUT2D eigenvalue weighted by Crippen LogP contribution is 2.31. The number of rotatable bonds is 3. The third kappa shape index (κ3) is 2.33. The van der Waals surface area contributed by atoms with E-state index in [0.29, 0.717) is 11.6 Å². The van der Waals surface area contributed by atoms with Gasteiger partial charge in [-0.3, -0.25) is 4.98 Å². The van der Waals surface area contributed by atoms with Crippen molar-refractivity contribution in [2.75, 3.05) is 5.73 Å². The fourth-order valence-corrected chi connectivity index (χ4v) is 1.58. The summed E-state index contributed by atoms with van der Waals surface area (Å²) in [6, 6.07) is 7.88.